The molecule has 3 rings (SSSR count). The van der Waals surface area contributed by atoms with Gasteiger partial charge >= 0.3 is 0 Å². The second-order valence-electron chi connectivity index (χ2n) is 5.94. The molecule has 2 aromatic carbocycles. The van der Waals surface area contributed by atoms with E-state index in [4.69, 9.17) is 9.47 Å². The zero-order valence-corrected chi connectivity index (χ0v) is 16.9. The minimum atomic E-state index is -0.110. The van der Waals surface area contributed by atoms with E-state index in [2.05, 4.69) is 22.1 Å². The van der Waals surface area contributed by atoms with Gasteiger partial charge in [-0.3, -0.25) is 9.36 Å². The number of carbonyl (C=O) groups is 1. The molecular formula is C21H22N4O3S. The topological polar surface area (TPSA) is 78.3 Å². The molecule has 1 aromatic heterocycles. The van der Waals surface area contributed by atoms with Gasteiger partial charge in [0.15, 0.2) is 22.5 Å². The van der Waals surface area contributed by atoms with Crippen molar-refractivity contribution < 1.29 is 14.3 Å². The van der Waals surface area contributed by atoms with Crippen molar-refractivity contribution in [1.82, 2.24) is 14.8 Å². The third-order valence-electron chi connectivity index (χ3n) is 3.92. The van der Waals surface area contributed by atoms with Gasteiger partial charge in [0.1, 0.15) is 6.61 Å². The van der Waals surface area contributed by atoms with Gasteiger partial charge in [0.05, 0.1) is 12.9 Å². The number of thioether (sulfide) groups is 1. The van der Waals surface area contributed by atoms with Crippen LogP contribution in [0.2, 0.25) is 0 Å². The van der Waals surface area contributed by atoms with E-state index in [0.717, 1.165) is 5.69 Å². The van der Waals surface area contributed by atoms with Crippen LogP contribution in [0.25, 0.3) is 0 Å². The van der Waals surface area contributed by atoms with Crippen LogP contribution in [0.1, 0.15) is 5.82 Å². The van der Waals surface area contributed by atoms with Gasteiger partial charge in [-0.05, 0) is 24.3 Å². The van der Waals surface area contributed by atoms with Gasteiger partial charge in [0.2, 0.25) is 5.91 Å². The molecule has 0 unspecified atom stereocenters. The van der Waals surface area contributed by atoms with E-state index >= 15 is 0 Å². The van der Waals surface area contributed by atoms with E-state index in [1.165, 1.54) is 11.8 Å². The van der Waals surface area contributed by atoms with Crippen molar-refractivity contribution in [2.75, 3.05) is 18.2 Å². The highest BCUT2D eigenvalue weighted by atomic mass is 32.2. The van der Waals surface area contributed by atoms with Crippen LogP contribution in [-0.2, 0) is 17.9 Å². The Morgan fingerprint density at radius 1 is 1.14 bits per heavy atom. The van der Waals surface area contributed by atoms with E-state index in [1.807, 2.05) is 59.2 Å². The first-order valence-corrected chi connectivity index (χ1v) is 9.96. The molecule has 0 bridgehead atoms. The molecule has 3 aromatic rings. The molecule has 0 aliphatic carbocycles. The first-order valence-electron chi connectivity index (χ1n) is 8.97. The van der Waals surface area contributed by atoms with Crippen LogP contribution in [-0.4, -0.2) is 33.5 Å². The molecule has 0 saturated carbocycles. The number of nitrogens with zero attached hydrogens (tertiary/aromatic N) is 3. The van der Waals surface area contributed by atoms with Gasteiger partial charge in [-0.25, -0.2) is 0 Å². The highest BCUT2D eigenvalue weighted by Crippen LogP contribution is 2.27. The number of ether oxygens (including phenoxy) is 2. The van der Waals surface area contributed by atoms with Crippen LogP contribution in [0.5, 0.6) is 11.5 Å². The van der Waals surface area contributed by atoms with Crippen molar-refractivity contribution in [1.29, 1.82) is 0 Å². The number of para-hydroxylation sites is 3. The van der Waals surface area contributed by atoms with Gasteiger partial charge in [0, 0.05) is 12.2 Å². The Balaban J connectivity index is 1.63. The second kappa shape index (κ2) is 10.3. The largest absolute Gasteiger partial charge is 0.493 e. The van der Waals surface area contributed by atoms with E-state index < -0.39 is 0 Å². The Hall–Kier alpha value is -3.26. The first-order chi connectivity index (χ1) is 14.2. The third kappa shape index (κ3) is 5.61. The predicted octanol–water partition coefficient (Wildman–Crippen LogP) is 3.78. The predicted molar refractivity (Wildman–Crippen MR) is 113 cm³/mol. The Labute approximate surface area is 173 Å². The number of hydrogen-bond acceptors (Lipinski definition) is 6. The number of hydrogen-bond donors (Lipinski definition) is 1. The lowest BCUT2D eigenvalue weighted by Crippen LogP contribution is -2.15. The molecule has 0 atom stereocenters. The maximum Gasteiger partial charge on any atom is 0.234 e. The summed E-state index contributed by atoms with van der Waals surface area (Å²) in [6, 6.07) is 16.7. The second-order valence-corrected chi connectivity index (χ2v) is 6.88. The maximum absolute atomic E-state index is 12.2. The number of nitrogens with one attached hydrogen (secondary N) is 1. The SMILES string of the molecule is C=CCn1c(COc2ccccc2OC)nnc1SCC(=O)Nc1ccccc1. The average molecular weight is 410 g/mol. The molecule has 1 heterocycles. The Morgan fingerprint density at radius 2 is 1.86 bits per heavy atom. The fourth-order valence-electron chi connectivity index (χ4n) is 2.57. The summed E-state index contributed by atoms with van der Waals surface area (Å²) >= 11 is 1.31. The summed E-state index contributed by atoms with van der Waals surface area (Å²) in [7, 11) is 1.59. The van der Waals surface area contributed by atoms with Gasteiger partial charge in [-0.1, -0.05) is 48.2 Å². The summed E-state index contributed by atoms with van der Waals surface area (Å²) in [5.74, 6) is 2.02. The normalized spacial score (nSPS) is 10.4. The highest BCUT2D eigenvalue weighted by Gasteiger charge is 2.15. The minimum absolute atomic E-state index is 0.110. The number of rotatable bonds is 10. The number of aromatic nitrogens is 3. The highest BCUT2D eigenvalue weighted by molar-refractivity contribution is 7.99. The van der Waals surface area contributed by atoms with Crippen molar-refractivity contribution in [3.63, 3.8) is 0 Å². The van der Waals surface area contributed by atoms with E-state index in [9.17, 15) is 4.79 Å². The summed E-state index contributed by atoms with van der Waals surface area (Å²) in [5.41, 5.74) is 0.761. The first kappa shape index (κ1) is 20.5. The summed E-state index contributed by atoms with van der Waals surface area (Å²) in [6.07, 6.45) is 1.75. The lowest BCUT2D eigenvalue weighted by molar-refractivity contribution is -0.113. The lowest BCUT2D eigenvalue weighted by Gasteiger charge is -2.11. The van der Waals surface area contributed by atoms with Gasteiger partial charge in [-0.2, -0.15) is 0 Å². The van der Waals surface area contributed by atoms with Crippen molar-refractivity contribution in [3.05, 3.63) is 73.1 Å². The van der Waals surface area contributed by atoms with Crippen LogP contribution in [0.3, 0.4) is 0 Å². The summed E-state index contributed by atoms with van der Waals surface area (Å²) in [6.45, 7) is 4.52. The molecule has 0 aliphatic rings. The number of anilines is 1. The van der Waals surface area contributed by atoms with Crippen LogP contribution >= 0.6 is 11.8 Å². The summed E-state index contributed by atoms with van der Waals surface area (Å²) < 4.78 is 13.0. The lowest BCUT2D eigenvalue weighted by atomic mass is 10.3. The zero-order chi connectivity index (χ0) is 20.5. The third-order valence-corrected chi connectivity index (χ3v) is 4.89. The maximum atomic E-state index is 12.2. The quantitative estimate of drug-likeness (QED) is 0.405. The van der Waals surface area contributed by atoms with Gasteiger partial charge in [-0.15, -0.1) is 16.8 Å². The smallest absolute Gasteiger partial charge is 0.234 e. The Morgan fingerprint density at radius 3 is 2.59 bits per heavy atom. The van der Waals surface area contributed by atoms with E-state index in [1.54, 1.807) is 13.2 Å². The van der Waals surface area contributed by atoms with E-state index in [0.29, 0.717) is 29.0 Å². The molecule has 0 spiro atoms. The molecule has 150 valence electrons. The Bertz CT molecular complexity index is 960. The molecule has 1 N–H and O–H groups in total. The van der Waals surface area contributed by atoms with Crippen LogP contribution < -0.4 is 14.8 Å². The van der Waals surface area contributed by atoms with Crippen molar-refractivity contribution >= 4 is 23.4 Å². The molecule has 0 aliphatic heterocycles. The number of allylic oxidation sites excluding steroid dienone is 1. The molecule has 0 fully saturated rings. The fourth-order valence-corrected chi connectivity index (χ4v) is 3.34. The number of amides is 1. The van der Waals surface area contributed by atoms with Crippen LogP contribution in [0, 0.1) is 0 Å². The minimum Gasteiger partial charge on any atom is -0.493 e. The van der Waals surface area contributed by atoms with Crippen molar-refractivity contribution in [3.8, 4) is 11.5 Å². The standard InChI is InChI=1S/C21H22N4O3S/c1-3-13-25-19(14-28-18-12-8-7-11-17(18)27-2)23-24-21(25)29-15-20(26)22-16-9-5-4-6-10-16/h3-12H,1,13-15H2,2H3,(H,22,26). The molecule has 8 heteroatoms. The van der Waals surface area contributed by atoms with Gasteiger partial charge in [0.25, 0.3) is 0 Å². The van der Waals surface area contributed by atoms with Gasteiger partial charge < -0.3 is 14.8 Å². The van der Waals surface area contributed by atoms with E-state index in [-0.39, 0.29) is 18.3 Å². The summed E-state index contributed by atoms with van der Waals surface area (Å²) in [4.78, 5) is 12.2. The van der Waals surface area contributed by atoms with Crippen molar-refractivity contribution in [2.45, 2.75) is 18.3 Å². The fraction of sp³-hybridized carbons (Fsp3) is 0.190. The number of benzene rings is 2. The molecule has 7 nitrogen and oxygen atoms in total. The van der Waals surface area contributed by atoms with Crippen LogP contribution in [0.15, 0.2) is 72.4 Å². The number of carbonyl (C=O) groups excluding carboxylic acids is 1. The molecule has 0 saturated heterocycles. The number of methoxy groups -OCH3 is 1. The molecule has 0 radical (unpaired) electrons. The molecule has 29 heavy (non-hydrogen) atoms. The summed E-state index contributed by atoms with van der Waals surface area (Å²) in [5, 5.41) is 11.9. The van der Waals surface area contributed by atoms with Crippen LogP contribution in [0.4, 0.5) is 5.69 Å². The molecule has 1 amide bonds. The molecular weight excluding hydrogens is 388 g/mol. The Kier molecular flexibility index (Phi) is 7.29. The van der Waals surface area contributed by atoms with Crippen molar-refractivity contribution in [2.24, 2.45) is 0 Å². The monoisotopic (exact) mass is 410 g/mol. The zero-order valence-electron chi connectivity index (χ0n) is 16.1. The average Bonchev–Trinajstić information content (AvgIpc) is 3.13.